The van der Waals surface area contributed by atoms with Crippen molar-refractivity contribution in [1.29, 1.82) is 0 Å². The molecule has 0 spiro atoms. The molecule has 0 heterocycles. The Morgan fingerprint density at radius 3 is 2.43 bits per heavy atom. The molecule has 0 amide bonds. The summed E-state index contributed by atoms with van der Waals surface area (Å²) in [6.07, 6.45) is 4.29. The van der Waals surface area contributed by atoms with Crippen LogP contribution in [-0.4, -0.2) is 19.7 Å². The molecule has 0 saturated carbocycles. The van der Waals surface area contributed by atoms with E-state index < -0.39 is 6.10 Å². The molecule has 0 aromatic heterocycles. The minimum absolute atomic E-state index is 0.343. The first-order valence-electron chi connectivity index (χ1n) is 8.03. The number of ether oxygens (including phenoxy) is 2. The lowest BCUT2D eigenvalue weighted by Gasteiger charge is -2.19. The standard InChI is InChI=1S/C20H28O3/c1-15(2)11-12-17(16(3)4)13-14-23-20(21)19(22-5)18-9-7-6-8-10-18/h6-12,16-17,19H,1,13-14H2,2-5H3/b12-11+/t17-,19+/m1/s1. The largest absolute Gasteiger partial charge is 0.463 e. The van der Waals surface area contributed by atoms with Gasteiger partial charge in [0.25, 0.3) is 0 Å². The fourth-order valence-corrected chi connectivity index (χ4v) is 2.31. The minimum atomic E-state index is -0.667. The molecule has 1 aromatic rings. The quantitative estimate of drug-likeness (QED) is 0.489. The molecule has 2 atom stereocenters. The van der Waals surface area contributed by atoms with Gasteiger partial charge in [-0.15, -0.1) is 0 Å². The van der Waals surface area contributed by atoms with Crippen molar-refractivity contribution in [2.24, 2.45) is 11.8 Å². The molecule has 3 heteroatoms. The summed E-state index contributed by atoms with van der Waals surface area (Å²) in [5.41, 5.74) is 1.83. The molecule has 0 bridgehead atoms. The van der Waals surface area contributed by atoms with E-state index in [-0.39, 0.29) is 5.97 Å². The van der Waals surface area contributed by atoms with Crippen LogP contribution < -0.4 is 0 Å². The van der Waals surface area contributed by atoms with Crippen LogP contribution in [0.15, 0.2) is 54.6 Å². The molecule has 0 aliphatic heterocycles. The molecule has 3 nitrogen and oxygen atoms in total. The third-order valence-corrected chi connectivity index (χ3v) is 3.73. The summed E-state index contributed by atoms with van der Waals surface area (Å²) in [5, 5.41) is 0. The van der Waals surface area contributed by atoms with Gasteiger partial charge >= 0.3 is 5.97 Å². The molecule has 126 valence electrons. The van der Waals surface area contributed by atoms with Gasteiger partial charge in [-0.1, -0.05) is 68.5 Å². The average molecular weight is 316 g/mol. The Balaban J connectivity index is 2.55. The van der Waals surface area contributed by atoms with Gasteiger partial charge in [0.2, 0.25) is 0 Å². The fraction of sp³-hybridized carbons (Fsp3) is 0.450. The van der Waals surface area contributed by atoms with E-state index in [2.05, 4.69) is 26.5 Å². The summed E-state index contributed by atoms with van der Waals surface area (Å²) in [4.78, 5) is 12.2. The van der Waals surface area contributed by atoms with Crippen molar-refractivity contribution < 1.29 is 14.3 Å². The highest BCUT2D eigenvalue weighted by Crippen LogP contribution is 2.20. The average Bonchev–Trinajstić information content (AvgIpc) is 2.51. The van der Waals surface area contributed by atoms with Crippen LogP contribution in [0.5, 0.6) is 0 Å². The van der Waals surface area contributed by atoms with Crippen LogP contribution in [0.4, 0.5) is 0 Å². The molecule has 0 N–H and O–H groups in total. The molecule has 0 fully saturated rings. The number of hydrogen-bond donors (Lipinski definition) is 0. The Labute approximate surface area is 140 Å². The summed E-state index contributed by atoms with van der Waals surface area (Å²) in [5.74, 6) is 0.499. The minimum Gasteiger partial charge on any atom is -0.463 e. The Bertz CT molecular complexity index is 517. The predicted octanol–water partition coefficient (Wildman–Crippen LogP) is 4.71. The summed E-state index contributed by atoms with van der Waals surface area (Å²) in [6, 6.07) is 9.39. The van der Waals surface area contributed by atoms with Crippen molar-refractivity contribution >= 4 is 5.97 Å². The van der Waals surface area contributed by atoms with Gasteiger partial charge in [-0.3, -0.25) is 0 Å². The smallest absolute Gasteiger partial charge is 0.339 e. The van der Waals surface area contributed by atoms with E-state index in [1.54, 1.807) is 0 Å². The monoisotopic (exact) mass is 316 g/mol. The van der Waals surface area contributed by atoms with Gasteiger partial charge in [0, 0.05) is 7.11 Å². The maximum Gasteiger partial charge on any atom is 0.339 e. The Morgan fingerprint density at radius 1 is 1.26 bits per heavy atom. The van der Waals surface area contributed by atoms with Gasteiger partial charge in [0.1, 0.15) is 0 Å². The topological polar surface area (TPSA) is 35.5 Å². The first-order chi connectivity index (χ1) is 11.0. The molecular formula is C20H28O3. The number of rotatable bonds is 9. The van der Waals surface area contributed by atoms with Crippen molar-refractivity contribution in [3.05, 3.63) is 60.2 Å². The molecule has 1 rings (SSSR count). The first-order valence-corrected chi connectivity index (χ1v) is 8.03. The SMILES string of the molecule is C=C(C)/C=C/[C@H](CCOC(=O)[C@@H](OC)c1ccccc1)C(C)C. The molecule has 0 unspecified atom stereocenters. The van der Waals surface area contributed by atoms with Crippen molar-refractivity contribution in [1.82, 2.24) is 0 Å². The number of carbonyl (C=O) groups excluding carboxylic acids is 1. The zero-order chi connectivity index (χ0) is 17.2. The second kappa shape index (κ2) is 10.0. The molecule has 0 saturated heterocycles. The van der Waals surface area contributed by atoms with Crippen LogP contribution in [-0.2, 0) is 14.3 Å². The lowest BCUT2D eigenvalue weighted by molar-refractivity contribution is -0.156. The van der Waals surface area contributed by atoms with Crippen LogP contribution >= 0.6 is 0 Å². The van der Waals surface area contributed by atoms with E-state index in [1.165, 1.54) is 7.11 Å². The molecule has 0 aliphatic rings. The van der Waals surface area contributed by atoms with Gasteiger partial charge in [-0.25, -0.2) is 4.79 Å². The third-order valence-electron chi connectivity index (χ3n) is 3.73. The number of methoxy groups -OCH3 is 1. The van der Waals surface area contributed by atoms with Gasteiger partial charge in [-0.2, -0.15) is 0 Å². The highest BCUT2D eigenvalue weighted by atomic mass is 16.6. The number of benzene rings is 1. The van der Waals surface area contributed by atoms with Crippen LogP contribution in [0, 0.1) is 11.8 Å². The number of hydrogen-bond acceptors (Lipinski definition) is 3. The normalized spacial score (nSPS) is 14.0. The first kappa shape index (κ1) is 19.2. The van der Waals surface area contributed by atoms with E-state index in [9.17, 15) is 4.79 Å². The lowest BCUT2D eigenvalue weighted by Crippen LogP contribution is -2.19. The molecule has 23 heavy (non-hydrogen) atoms. The van der Waals surface area contributed by atoms with Gasteiger partial charge in [0.15, 0.2) is 6.10 Å². The van der Waals surface area contributed by atoms with Crippen molar-refractivity contribution in [2.45, 2.75) is 33.3 Å². The summed E-state index contributed by atoms with van der Waals surface area (Å²) in [7, 11) is 1.52. The maximum absolute atomic E-state index is 12.2. The molecular weight excluding hydrogens is 288 g/mol. The van der Waals surface area contributed by atoms with E-state index >= 15 is 0 Å². The Kier molecular flexibility index (Phi) is 8.35. The second-order valence-electron chi connectivity index (χ2n) is 6.10. The lowest BCUT2D eigenvalue weighted by atomic mass is 9.92. The van der Waals surface area contributed by atoms with E-state index in [0.717, 1.165) is 17.6 Å². The summed E-state index contributed by atoms with van der Waals surface area (Å²) >= 11 is 0. The van der Waals surface area contributed by atoms with Crippen LogP contribution in [0.3, 0.4) is 0 Å². The number of allylic oxidation sites excluding steroid dienone is 3. The van der Waals surface area contributed by atoms with E-state index in [1.807, 2.05) is 43.3 Å². The van der Waals surface area contributed by atoms with E-state index in [4.69, 9.17) is 9.47 Å². The molecule has 0 radical (unpaired) electrons. The Morgan fingerprint density at radius 2 is 1.91 bits per heavy atom. The Hall–Kier alpha value is -1.87. The third kappa shape index (κ3) is 6.83. The summed E-state index contributed by atoms with van der Waals surface area (Å²) in [6.45, 7) is 10.6. The van der Waals surface area contributed by atoms with Crippen LogP contribution in [0.2, 0.25) is 0 Å². The zero-order valence-corrected chi connectivity index (χ0v) is 14.6. The van der Waals surface area contributed by atoms with Crippen molar-refractivity contribution in [3.8, 4) is 0 Å². The fourth-order valence-electron chi connectivity index (χ4n) is 2.31. The highest BCUT2D eigenvalue weighted by molar-refractivity contribution is 5.76. The van der Waals surface area contributed by atoms with Gasteiger partial charge < -0.3 is 9.47 Å². The maximum atomic E-state index is 12.2. The van der Waals surface area contributed by atoms with Crippen LogP contribution in [0.1, 0.15) is 38.9 Å². The van der Waals surface area contributed by atoms with Crippen molar-refractivity contribution in [2.75, 3.05) is 13.7 Å². The predicted molar refractivity (Wildman–Crippen MR) is 94.1 cm³/mol. The van der Waals surface area contributed by atoms with Gasteiger partial charge in [-0.05, 0) is 30.7 Å². The summed E-state index contributed by atoms with van der Waals surface area (Å²) < 4.78 is 10.7. The zero-order valence-electron chi connectivity index (χ0n) is 14.6. The number of carbonyl (C=O) groups is 1. The molecule has 0 aliphatic carbocycles. The van der Waals surface area contributed by atoms with E-state index in [0.29, 0.717) is 18.4 Å². The second-order valence-corrected chi connectivity index (χ2v) is 6.10. The van der Waals surface area contributed by atoms with Crippen molar-refractivity contribution in [3.63, 3.8) is 0 Å². The highest BCUT2D eigenvalue weighted by Gasteiger charge is 2.21. The van der Waals surface area contributed by atoms with Gasteiger partial charge in [0.05, 0.1) is 6.61 Å². The van der Waals surface area contributed by atoms with Crippen LogP contribution in [0.25, 0.3) is 0 Å². The molecule has 1 aromatic carbocycles. The number of esters is 1.